The lowest BCUT2D eigenvalue weighted by Gasteiger charge is -2.33. The third-order valence-corrected chi connectivity index (χ3v) is 4.80. The van der Waals surface area contributed by atoms with Crippen LogP contribution in [-0.4, -0.2) is 22.5 Å². The molecule has 1 aliphatic rings. The molecule has 3 rings (SSSR count). The number of fused-ring (bicyclic) bond motifs is 1. The second-order valence-electron chi connectivity index (χ2n) is 5.25. The molecule has 0 amide bonds. The van der Waals surface area contributed by atoms with E-state index in [9.17, 15) is 9.90 Å². The predicted molar refractivity (Wildman–Crippen MR) is 80.0 cm³/mol. The second kappa shape index (κ2) is 5.38. The van der Waals surface area contributed by atoms with Crippen LogP contribution in [0.3, 0.4) is 0 Å². The van der Waals surface area contributed by atoms with Gasteiger partial charge in [-0.3, -0.25) is 9.69 Å². The van der Waals surface area contributed by atoms with Crippen molar-refractivity contribution in [3.8, 4) is 0 Å². The van der Waals surface area contributed by atoms with Gasteiger partial charge in [-0.05, 0) is 35.9 Å². The summed E-state index contributed by atoms with van der Waals surface area (Å²) in [6, 6.07) is 9.76. The monoisotopic (exact) mass is 287 g/mol. The molecule has 2 aromatic rings. The van der Waals surface area contributed by atoms with Crippen molar-refractivity contribution in [3.05, 3.63) is 57.3 Å². The molecule has 0 radical (unpaired) electrons. The van der Waals surface area contributed by atoms with Crippen molar-refractivity contribution in [3.63, 3.8) is 0 Å². The van der Waals surface area contributed by atoms with Crippen molar-refractivity contribution in [2.75, 3.05) is 6.54 Å². The van der Waals surface area contributed by atoms with E-state index in [4.69, 9.17) is 0 Å². The summed E-state index contributed by atoms with van der Waals surface area (Å²) < 4.78 is 0. The minimum Gasteiger partial charge on any atom is -0.480 e. The van der Waals surface area contributed by atoms with Crippen LogP contribution in [-0.2, 0) is 17.8 Å². The molecule has 0 saturated carbocycles. The molecule has 0 fully saturated rings. The molecular weight excluding hydrogens is 270 g/mol. The molecule has 0 bridgehead atoms. The smallest absolute Gasteiger partial charge is 0.325 e. The number of rotatable bonds is 3. The maximum atomic E-state index is 11.6. The third kappa shape index (κ3) is 2.49. The van der Waals surface area contributed by atoms with Gasteiger partial charge in [0.25, 0.3) is 0 Å². The number of carbonyl (C=O) groups is 1. The fraction of sp³-hybridized carbons (Fsp3) is 0.312. The highest BCUT2D eigenvalue weighted by molar-refractivity contribution is 7.10. The lowest BCUT2D eigenvalue weighted by Crippen LogP contribution is -2.38. The third-order valence-electron chi connectivity index (χ3n) is 3.81. The first kappa shape index (κ1) is 13.3. The van der Waals surface area contributed by atoms with Gasteiger partial charge in [-0.2, -0.15) is 0 Å². The highest BCUT2D eigenvalue weighted by Crippen LogP contribution is 2.34. The molecule has 3 nitrogen and oxygen atoms in total. The van der Waals surface area contributed by atoms with Crippen molar-refractivity contribution in [1.82, 2.24) is 4.90 Å². The number of hydrogen-bond donors (Lipinski definition) is 1. The van der Waals surface area contributed by atoms with Crippen molar-refractivity contribution in [2.45, 2.75) is 25.9 Å². The van der Waals surface area contributed by atoms with Gasteiger partial charge in [0.1, 0.15) is 6.04 Å². The van der Waals surface area contributed by atoms with Crippen molar-refractivity contribution < 1.29 is 9.90 Å². The molecule has 1 aromatic heterocycles. The average Bonchev–Trinajstić information content (AvgIpc) is 2.89. The van der Waals surface area contributed by atoms with Crippen LogP contribution in [0.5, 0.6) is 0 Å². The van der Waals surface area contributed by atoms with Crippen LogP contribution in [0.4, 0.5) is 0 Å². The highest BCUT2D eigenvalue weighted by atomic mass is 32.1. The van der Waals surface area contributed by atoms with Gasteiger partial charge in [0, 0.05) is 18.0 Å². The van der Waals surface area contributed by atoms with Gasteiger partial charge in [0.15, 0.2) is 0 Å². The molecule has 20 heavy (non-hydrogen) atoms. The van der Waals surface area contributed by atoms with E-state index < -0.39 is 12.0 Å². The van der Waals surface area contributed by atoms with Crippen molar-refractivity contribution >= 4 is 17.3 Å². The Morgan fingerprint density at radius 3 is 2.80 bits per heavy atom. The number of thiophene rings is 1. The summed E-state index contributed by atoms with van der Waals surface area (Å²) in [6.45, 7) is 3.55. The molecule has 104 valence electrons. The number of carboxylic acids is 1. The maximum Gasteiger partial charge on any atom is 0.325 e. The van der Waals surface area contributed by atoms with Crippen LogP contribution in [0.25, 0.3) is 0 Å². The highest BCUT2D eigenvalue weighted by Gasteiger charge is 2.33. The summed E-state index contributed by atoms with van der Waals surface area (Å²) in [5, 5.41) is 11.6. The number of benzene rings is 1. The molecule has 4 heteroatoms. The first-order valence-corrected chi connectivity index (χ1v) is 7.62. The zero-order valence-corrected chi connectivity index (χ0v) is 12.2. The van der Waals surface area contributed by atoms with E-state index >= 15 is 0 Å². The van der Waals surface area contributed by atoms with Crippen LogP contribution in [0.2, 0.25) is 0 Å². The van der Waals surface area contributed by atoms with Crippen LogP contribution in [0, 0.1) is 6.92 Å². The van der Waals surface area contributed by atoms with Crippen LogP contribution < -0.4 is 0 Å². The summed E-state index contributed by atoms with van der Waals surface area (Å²) in [5.74, 6) is -0.753. The molecule has 1 aromatic carbocycles. The fourth-order valence-corrected chi connectivity index (χ4v) is 3.66. The topological polar surface area (TPSA) is 40.5 Å². The molecule has 0 spiro atoms. The van der Waals surface area contributed by atoms with E-state index in [1.807, 2.05) is 11.4 Å². The van der Waals surface area contributed by atoms with E-state index in [1.54, 1.807) is 11.3 Å². The fourth-order valence-electron chi connectivity index (χ4n) is 2.76. The molecule has 2 heterocycles. The maximum absolute atomic E-state index is 11.6. The Morgan fingerprint density at radius 2 is 2.10 bits per heavy atom. The van der Waals surface area contributed by atoms with Crippen LogP contribution in [0.1, 0.15) is 27.6 Å². The second-order valence-corrected chi connectivity index (χ2v) is 6.25. The molecular formula is C16H17NO2S. The Balaban J connectivity index is 1.86. The molecule has 1 aliphatic heterocycles. The zero-order chi connectivity index (χ0) is 14.1. The molecule has 0 saturated heterocycles. The molecule has 1 unspecified atom stereocenters. The minimum atomic E-state index is -0.753. The van der Waals surface area contributed by atoms with Gasteiger partial charge < -0.3 is 5.11 Å². The van der Waals surface area contributed by atoms with E-state index in [0.717, 1.165) is 18.5 Å². The lowest BCUT2D eigenvalue weighted by molar-refractivity contribution is -0.144. The van der Waals surface area contributed by atoms with Crippen LogP contribution >= 0.6 is 11.3 Å². The summed E-state index contributed by atoms with van der Waals surface area (Å²) >= 11 is 1.67. The normalized spacial score (nSPS) is 18.8. The van der Waals surface area contributed by atoms with E-state index in [0.29, 0.717) is 6.54 Å². The largest absolute Gasteiger partial charge is 0.480 e. The van der Waals surface area contributed by atoms with Crippen molar-refractivity contribution in [2.24, 2.45) is 0 Å². The van der Waals surface area contributed by atoms with E-state index in [-0.39, 0.29) is 0 Å². The Bertz CT molecular complexity index is 618. The Kier molecular flexibility index (Phi) is 3.59. The summed E-state index contributed by atoms with van der Waals surface area (Å²) in [6.07, 6.45) is 0.947. The lowest BCUT2D eigenvalue weighted by atomic mass is 9.99. The molecule has 1 atom stereocenters. The van der Waals surface area contributed by atoms with Gasteiger partial charge in [0.05, 0.1) is 0 Å². The Hall–Kier alpha value is -1.65. The quantitative estimate of drug-likeness (QED) is 0.942. The Morgan fingerprint density at radius 1 is 1.35 bits per heavy atom. The SMILES string of the molecule is Cc1ccc(CN2CCc3sccc3C2C(=O)O)cc1. The average molecular weight is 287 g/mol. The van der Waals surface area contributed by atoms with Crippen molar-refractivity contribution in [1.29, 1.82) is 0 Å². The summed E-state index contributed by atoms with van der Waals surface area (Å²) in [5.41, 5.74) is 3.36. The number of carboxylic acid groups (broad SMARTS) is 1. The number of nitrogens with zero attached hydrogens (tertiary/aromatic N) is 1. The van der Waals surface area contributed by atoms with E-state index in [2.05, 4.69) is 36.1 Å². The zero-order valence-electron chi connectivity index (χ0n) is 11.4. The van der Waals surface area contributed by atoms with E-state index in [1.165, 1.54) is 16.0 Å². The van der Waals surface area contributed by atoms with Gasteiger partial charge in [-0.1, -0.05) is 29.8 Å². The summed E-state index contributed by atoms with van der Waals surface area (Å²) in [7, 11) is 0. The first-order chi connectivity index (χ1) is 9.65. The number of hydrogen-bond acceptors (Lipinski definition) is 3. The van der Waals surface area contributed by atoms with Crippen LogP contribution in [0.15, 0.2) is 35.7 Å². The van der Waals surface area contributed by atoms with Gasteiger partial charge in [0.2, 0.25) is 0 Å². The minimum absolute atomic E-state index is 0.508. The Labute approximate surface area is 122 Å². The predicted octanol–water partition coefficient (Wildman–Crippen LogP) is 3.24. The first-order valence-electron chi connectivity index (χ1n) is 6.74. The van der Waals surface area contributed by atoms with Gasteiger partial charge in [-0.25, -0.2) is 0 Å². The molecule has 0 aliphatic carbocycles. The standard InChI is InChI=1S/C16H17NO2S/c1-11-2-4-12(5-3-11)10-17-8-6-14-13(7-9-20-14)15(17)16(18)19/h2-5,7,9,15H,6,8,10H2,1H3,(H,18,19). The number of aryl methyl sites for hydroxylation is 1. The van der Waals surface area contributed by atoms with Gasteiger partial charge in [-0.15, -0.1) is 11.3 Å². The number of aliphatic carboxylic acids is 1. The molecule has 1 N–H and O–H groups in total. The summed E-state index contributed by atoms with van der Waals surface area (Å²) in [4.78, 5) is 14.9. The van der Waals surface area contributed by atoms with Gasteiger partial charge >= 0.3 is 5.97 Å².